The lowest BCUT2D eigenvalue weighted by molar-refractivity contribution is -0.255. The molecule has 128 valence electrons. The van der Waals surface area contributed by atoms with Crippen LogP contribution in [-0.2, 0) is 4.74 Å². The molecule has 4 nitrogen and oxygen atoms in total. The van der Waals surface area contributed by atoms with Gasteiger partial charge in [0.1, 0.15) is 0 Å². The van der Waals surface area contributed by atoms with Gasteiger partial charge in [0, 0.05) is 11.0 Å². The summed E-state index contributed by atoms with van der Waals surface area (Å²) in [5, 5.41) is 10.9. The van der Waals surface area contributed by atoms with Gasteiger partial charge in [-0.1, -0.05) is 40.0 Å². The van der Waals surface area contributed by atoms with E-state index in [1.165, 1.54) is 6.42 Å². The van der Waals surface area contributed by atoms with E-state index >= 15 is 0 Å². The summed E-state index contributed by atoms with van der Waals surface area (Å²) in [5.74, 6) is -2.10. The number of rotatable bonds is 5. The number of carboxylic acids is 1. The van der Waals surface area contributed by atoms with Gasteiger partial charge in [-0.3, -0.25) is 0 Å². The molecular weight excluding hydrogens is 299 g/mol. The number of carboxylic acid groups (broad SMARTS) is 1. The quantitative estimate of drug-likeness (QED) is 0.780. The molecule has 1 atom stereocenters. The van der Waals surface area contributed by atoms with Crippen LogP contribution in [0.2, 0.25) is 0 Å². The molecule has 1 saturated carbocycles. The van der Waals surface area contributed by atoms with Crippen molar-refractivity contribution in [1.82, 2.24) is 0 Å². The van der Waals surface area contributed by atoms with Crippen LogP contribution in [0.1, 0.15) is 63.2 Å². The second kappa shape index (κ2) is 7.30. The summed E-state index contributed by atoms with van der Waals surface area (Å²) >= 11 is 0. The molecule has 5 heteroatoms. The fourth-order valence-corrected chi connectivity index (χ4v) is 2.62. The summed E-state index contributed by atoms with van der Waals surface area (Å²) in [7, 11) is 0. The molecule has 1 unspecified atom stereocenters. The average molecular weight is 323 g/mol. The number of carbonyl (C=O) groups is 1. The minimum absolute atomic E-state index is 0.0976. The van der Waals surface area contributed by atoms with E-state index < -0.39 is 18.1 Å². The summed E-state index contributed by atoms with van der Waals surface area (Å²) in [6, 6.07) is 3.38. The van der Waals surface area contributed by atoms with Crippen LogP contribution >= 0.6 is 0 Å². The maximum atomic E-state index is 14.0. The van der Waals surface area contributed by atoms with Crippen LogP contribution in [-0.4, -0.2) is 18.4 Å². The normalized spacial score (nSPS) is 17.7. The fourth-order valence-electron chi connectivity index (χ4n) is 2.62. The highest BCUT2D eigenvalue weighted by molar-refractivity contribution is 5.86. The molecule has 0 heterocycles. The molecule has 0 saturated heterocycles. The second-order valence-electron chi connectivity index (χ2n) is 7.14. The lowest BCUT2D eigenvalue weighted by Crippen LogP contribution is -2.39. The number of benzene rings is 1. The van der Waals surface area contributed by atoms with Crippen molar-refractivity contribution in [2.24, 2.45) is 5.41 Å². The van der Waals surface area contributed by atoms with Crippen molar-refractivity contribution >= 4 is 5.97 Å². The molecule has 0 spiro atoms. The van der Waals surface area contributed by atoms with Crippen molar-refractivity contribution in [3.63, 3.8) is 0 Å². The molecular formula is C18H24FO4-. The molecule has 1 aliphatic rings. The van der Waals surface area contributed by atoms with Crippen molar-refractivity contribution in [1.29, 1.82) is 0 Å². The van der Waals surface area contributed by atoms with E-state index in [1.807, 2.05) is 20.8 Å². The predicted octanol–water partition coefficient (Wildman–Crippen LogP) is 3.29. The first-order valence-corrected chi connectivity index (χ1v) is 8.10. The average Bonchev–Trinajstić information content (AvgIpc) is 2.48. The summed E-state index contributed by atoms with van der Waals surface area (Å²) in [5.41, 5.74) is -0.492. The molecule has 0 bridgehead atoms. The van der Waals surface area contributed by atoms with Crippen molar-refractivity contribution in [3.8, 4) is 5.75 Å². The van der Waals surface area contributed by atoms with Gasteiger partial charge in [-0.05, 0) is 31.0 Å². The molecule has 0 N–H and O–H groups in total. The summed E-state index contributed by atoms with van der Waals surface area (Å²) in [4.78, 5) is 10.9. The fraction of sp³-hybridized carbons (Fsp3) is 0.611. The zero-order chi connectivity index (χ0) is 17.0. The summed E-state index contributed by atoms with van der Waals surface area (Å²) in [6.07, 6.45) is 4.84. The zero-order valence-corrected chi connectivity index (χ0v) is 13.9. The molecule has 0 radical (unpaired) electrons. The number of aromatic carboxylic acids is 1. The number of carbonyl (C=O) groups excluding carboxylic acids is 1. The van der Waals surface area contributed by atoms with E-state index in [1.54, 1.807) is 0 Å². The highest BCUT2D eigenvalue weighted by Gasteiger charge is 2.31. The highest BCUT2D eigenvalue weighted by atomic mass is 19.1. The number of hydrogen-bond donors (Lipinski definition) is 0. The number of ether oxygens (including phenoxy) is 2. The minimum atomic E-state index is -1.37. The van der Waals surface area contributed by atoms with Gasteiger partial charge in [-0.25, -0.2) is 4.39 Å². The van der Waals surface area contributed by atoms with Crippen LogP contribution in [0.25, 0.3) is 0 Å². The first-order chi connectivity index (χ1) is 10.8. The third-order valence-corrected chi connectivity index (χ3v) is 3.98. The SMILES string of the molecule is CC(C)(C)C(Oc1cc(C(=O)[O-])ccc1F)OC1CCCCC1. The molecule has 0 amide bonds. The Morgan fingerprint density at radius 2 is 1.91 bits per heavy atom. The van der Waals surface area contributed by atoms with Crippen molar-refractivity contribution < 1.29 is 23.8 Å². The monoisotopic (exact) mass is 323 g/mol. The van der Waals surface area contributed by atoms with Gasteiger partial charge < -0.3 is 19.4 Å². The van der Waals surface area contributed by atoms with Crippen LogP contribution in [0.4, 0.5) is 4.39 Å². The van der Waals surface area contributed by atoms with Crippen LogP contribution in [0.15, 0.2) is 18.2 Å². The van der Waals surface area contributed by atoms with E-state index in [0.717, 1.165) is 43.9 Å². The first kappa shape index (κ1) is 17.7. The van der Waals surface area contributed by atoms with Crippen molar-refractivity contribution in [2.45, 2.75) is 65.3 Å². The Morgan fingerprint density at radius 1 is 1.26 bits per heavy atom. The standard InChI is InChI=1S/C18H25FO4/c1-18(2,3)17(22-13-7-5-4-6-8-13)23-15-11-12(16(20)21)9-10-14(15)19/h9-11,13,17H,4-8H2,1-3H3,(H,20,21)/p-1. The lowest BCUT2D eigenvalue weighted by Gasteiger charge is -2.35. The highest BCUT2D eigenvalue weighted by Crippen LogP contribution is 2.31. The van der Waals surface area contributed by atoms with E-state index in [2.05, 4.69) is 0 Å². The van der Waals surface area contributed by atoms with Gasteiger partial charge >= 0.3 is 0 Å². The third-order valence-electron chi connectivity index (χ3n) is 3.98. The third kappa shape index (κ3) is 4.93. The van der Waals surface area contributed by atoms with Gasteiger partial charge in [0.15, 0.2) is 11.6 Å². The molecule has 0 aliphatic heterocycles. The first-order valence-electron chi connectivity index (χ1n) is 8.10. The van der Waals surface area contributed by atoms with E-state index in [9.17, 15) is 14.3 Å². The smallest absolute Gasteiger partial charge is 0.205 e. The largest absolute Gasteiger partial charge is 0.545 e. The van der Waals surface area contributed by atoms with E-state index in [4.69, 9.17) is 9.47 Å². The topological polar surface area (TPSA) is 58.6 Å². The van der Waals surface area contributed by atoms with Gasteiger partial charge in [-0.15, -0.1) is 0 Å². The molecule has 23 heavy (non-hydrogen) atoms. The van der Waals surface area contributed by atoms with Crippen LogP contribution in [0, 0.1) is 11.2 Å². The van der Waals surface area contributed by atoms with Gasteiger partial charge in [-0.2, -0.15) is 0 Å². The van der Waals surface area contributed by atoms with Crippen LogP contribution in [0.5, 0.6) is 5.75 Å². The van der Waals surface area contributed by atoms with Crippen LogP contribution < -0.4 is 9.84 Å². The maximum Gasteiger partial charge on any atom is 0.205 e. The zero-order valence-electron chi connectivity index (χ0n) is 13.9. The minimum Gasteiger partial charge on any atom is -0.545 e. The van der Waals surface area contributed by atoms with Crippen molar-refractivity contribution in [3.05, 3.63) is 29.6 Å². The summed E-state index contributed by atoms with van der Waals surface area (Å²) < 4.78 is 25.7. The Labute approximate surface area is 136 Å². The second-order valence-corrected chi connectivity index (χ2v) is 7.14. The Balaban J connectivity index is 2.17. The van der Waals surface area contributed by atoms with Gasteiger partial charge in [0.05, 0.1) is 12.1 Å². The Morgan fingerprint density at radius 3 is 2.48 bits per heavy atom. The van der Waals surface area contributed by atoms with Gasteiger partial charge in [0.25, 0.3) is 0 Å². The summed E-state index contributed by atoms with van der Waals surface area (Å²) in [6.45, 7) is 5.84. The molecule has 1 aromatic rings. The van der Waals surface area contributed by atoms with E-state index in [-0.39, 0.29) is 22.8 Å². The Bertz CT molecular complexity index is 544. The number of hydrogen-bond acceptors (Lipinski definition) is 4. The molecule has 1 aromatic carbocycles. The molecule has 1 aliphatic carbocycles. The molecule has 2 rings (SSSR count). The lowest BCUT2D eigenvalue weighted by atomic mass is 9.94. The van der Waals surface area contributed by atoms with E-state index in [0.29, 0.717) is 0 Å². The Kier molecular flexibility index (Phi) is 5.63. The maximum absolute atomic E-state index is 14.0. The predicted molar refractivity (Wildman–Crippen MR) is 82.6 cm³/mol. The van der Waals surface area contributed by atoms with Crippen LogP contribution in [0.3, 0.4) is 0 Å². The number of halogens is 1. The molecule has 0 aromatic heterocycles. The Hall–Kier alpha value is -1.62. The van der Waals surface area contributed by atoms with Crippen molar-refractivity contribution in [2.75, 3.05) is 0 Å². The molecule has 1 fully saturated rings. The van der Waals surface area contributed by atoms with Gasteiger partial charge in [0.2, 0.25) is 6.29 Å².